The Morgan fingerprint density at radius 2 is 1.93 bits per heavy atom. The van der Waals surface area contributed by atoms with Gasteiger partial charge in [-0.1, -0.05) is 0 Å². The van der Waals surface area contributed by atoms with Crippen LogP contribution < -0.4 is 5.32 Å². The first kappa shape index (κ1) is 9.93. The molecular weight excluding hydrogens is 178 g/mol. The Kier molecular flexibility index (Phi) is 1.92. The van der Waals surface area contributed by atoms with Crippen LogP contribution >= 0.6 is 0 Å². The van der Waals surface area contributed by atoms with E-state index in [1.54, 1.807) is 0 Å². The van der Waals surface area contributed by atoms with Gasteiger partial charge in [0.1, 0.15) is 5.54 Å². The zero-order valence-corrected chi connectivity index (χ0v) is 9.42. The molecule has 0 radical (unpaired) electrons. The first-order valence-electron chi connectivity index (χ1n) is 5.11. The van der Waals surface area contributed by atoms with Crippen molar-refractivity contribution >= 4 is 5.91 Å². The van der Waals surface area contributed by atoms with Gasteiger partial charge in [0.25, 0.3) is 0 Å². The van der Waals surface area contributed by atoms with Crippen LogP contribution in [0.1, 0.15) is 20.8 Å². The largest absolute Gasteiger partial charge is 0.342 e. The lowest BCUT2D eigenvalue weighted by molar-refractivity contribution is -0.140. The van der Waals surface area contributed by atoms with E-state index in [-0.39, 0.29) is 17.0 Å². The number of likely N-dealkylation sites (N-methyl/N-ethyl adjacent to an activating group) is 1. The Morgan fingerprint density at radius 3 is 2.29 bits per heavy atom. The maximum Gasteiger partial charge on any atom is 0.244 e. The summed E-state index contributed by atoms with van der Waals surface area (Å²) in [7, 11) is 2.01. The maximum absolute atomic E-state index is 11.7. The van der Waals surface area contributed by atoms with Crippen LogP contribution in [-0.2, 0) is 4.79 Å². The summed E-state index contributed by atoms with van der Waals surface area (Å²) in [6.45, 7) is 8.97. The molecule has 0 unspecified atom stereocenters. The number of amides is 1. The fraction of sp³-hybridized carbons (Fsp3) is 0.900. The molecule has 0 aromatic rings. The third-order valence-corrected chi connectivity index (χ3v) is 3.48. The predicted molar refractivity (Wildman–Crippen MR) is 54.8 cm³/mol. The second-order valence-corrected chi connectivity index (χ2v) is 5.42. The molecule has 14 heavy (non-hydrogen) atoms. The standard InChI is InChI=1S/C10H19N3O/c1-9(2,3)13-5-10(6-13)8(14)11-7-12(10)4/h5-7H2,1-4H3,(H,11,14). The van der Waals surface area contributed by atoms with Crippen LogP contribution in [0.4, 0.5) is 0 Å². The lowest BCUT2D eigenvalue weighted by atomic mass is 9.84. The van der Waals surface area contributed by atoms with Crippen LogP contribution in [0, 0.1) is 0 Å². The van der Waals surface area contributed by atoms with Gasteiger partial charge in [-0.15, -0.1) is 0 Å². The van der Waals surface area contributed by atoms with Gasteiger partial charge in [-0.25, -0.2) is 0 Å². The zero-order valence-electron chi connectivity index (χ0n) is 9.42. The molecule has 0 bridgehead atoms. The Hall–Kier alpha value is -0.610. The van der Waals surface area contributed by atoms with E-state index >= 15 is 0 Å². The molecule has 2 fully saturated rings. The number of hydrogen-bond acceptors (Lipinski definition) is 3. The van der Waals surface area contributed by atoms with Gasteiger partial charge in [-0.2, -0.15) is 0 Å². The van der Waals surface area contributed by atoms with Gasteiger partial charge in [0, 0.05) is 18.6 Å². The molecule has 2 saturated heterocycles. The van der Waals surface area contributed by atoms with Crippen molar-refractivity contribution in [2.45, 2.75) is 31.8 Å². The van der Waals surface area contributed by atoms with E-state index in [1.165, 1.54) is 0 Å². The van der Waals surface area contributed by atoms with Crippen LogP contribution in [0.2, 0.25) is 0 Å². The minimum atomic E-state index is -0.229. The number of hydrogen-bond donors (Lipinski definition) is 1. The zero-order chi connectivity index (χ0) is 10.6. The van der Waals surface area contributed by atoms with Gasteiger partial charge in [0.15, 0.2) is 0 Å². The molecule has 0 saturated carbocycles. The molecule has 0 atom stereocenters. The van der Waals surface area contributed by atoms with Gasteiger partial charge in [-0.05, 0) is 27.8 Å². The van der Waals surface area contributed by atoms with Crippen molar-refractivity contribution in [1.29, 1.82) is 0 Å². The first-order chi connectivity index (χ1) is 6.36. The van der Waals surface area contributed by atoms with Crippen LogP contribution in [0.5, 0.6) is 0 Å². The number of carbonyl (C=O) groups excluding carboxylic acids is 1. The molecule has 0 aromatic heterocycles. The van der Waals surface area contributed by atoms with Crippen molar-refractivity contribution in [2.75, 3.05) is 26.8 Å². The topological polar surface area (TPSA) is 35.6 Å². The average Bonchev–Trinajstić information content (AvgIpc) is 2.22. The monoisotopic (exact) mass is 197 g/mol. The predicted octanol–water partition coefficient (Wildman–Crippen LogP) is -0.142. The van der Waals surface area contributed by atoms with E-state index in [0.29, 0.717) is 6.67 Å². The van der Waals surface area contributed by atoms with Gasteiger partial charge in [0.05, 0.1) is 6.67 Å². The second kappa shape index (κ2) is 2.70. The molecule has 0 aliphatic carbocycles. The lowest BCUT2D eigenvalue weighted by Gasteiger charge is -2.54. The molecule has 4 heteroatoms. The highest BCUT2D eigenvalue weighted by Gasteiger charge is 2.57. The summed E-state index contributed by atoms with van der Waals surface area (Å²) in [6.07, 6.45) is 0. The fourth-order valence-electron chi connectivity index (χ4n) is 2.12. The second-order valence-electron chi connectivity index (χ2n) is 5.42. The Bertz CT molecular complexity index is 263. The Labute approximate surface area is 85.2 Å². The van der Waals surface area contributed by atoms with E-state index in [2.05, 4.69) is 35.9 Å². The van der Waals surface area contributed by atoms with Gasteiger partial charge in [-0.3, -0.25) is 14.6 Å². The summed E-state index contributed by atoms with van der Waals surface area (Å²) in [5.74, 6) is 0.195. The summed E-state index contributed by atoms with van der Waals surface area (Å²) in [6, 6.07) is 0. The number of carbonyl (C=O) groups is 1. The Morgan fingerprint density at radius 1 is 1.36 bits per heavy atom. The molecule has 1 N–H and O–H groups in total. The smallest absolute Gasteiger partial charge is 0.244 e. The van der Waals surface area contributed by atoms with E-state index in [0.717, 1.165) is 13.1 Å². The SMILES string of the molecule is CN1CNC(=O)C12CN(C(C)(C)C)C2. The normalized spacial score (nSPS) is 27.9. The number of nitrogens with zero attached hydrogens (tertiary/aromatic N) is 2. The van der Waals surface area contributed by atoms with Crippen LogP contribution in [0.25, 0.3) is 0 Å². The van der Waals surface area contributed by atoms with Gasteiger partial charge < -0.3 is 5.32 Å². The minimum absolute atomic E-state index is 0.176. The lowest BCUT2D eigenvalue weighted by Crippen LogP contribution is -2.74. The van der Waals surface area contributed by atoms with E-state index in [4.69, 9.17) is 0 Å². The minimum Gasteiger partial charge on any atom is -0.342 e. The van der Waals surface area contributed by atoms with Crippen LogP contribution in [-0.4, -0.2) is 53.6 Å². The highest BCUT2D eigenvalue weighted by atomic mass is 16.2. The van der Waals surface area contributed by atoms with E-state index < -0.39 is 0 Å². The molecule has 2 aliphatic heterocycles. The summed E-state index contributed by atoms with van der Waals surface area (Å²) in [5, 5.41) is 2.89. The summed E-state index contributed by atoms with van der Waals surface area (Å²) in [4.78, 5) is 16.1. The average molecular weight is 197 g/mol. The van der Waals surface area contributed by atoms with Crippen molar-refractivity contribution in [3.05, 3.63) is 0 Å². The maximum atomic E-state index is 11.7. The molecule has 1 amide bonds. The molecule has 2 heterocycles. The third kappa shape index (κ3) is 1.17. The molecule has 80 valence electrons. The van der Waals surface area contributed by atoms with Crippen molar-refractivity contribution in [3.8, 4) is 0 Å². The first-order valence-corrected chi connectivity index (χ1v) is 5.11. The van der Waals surface area contributed by atoms with Crippen molar-refractivity contribution in [3.63, 3.8) is 0 Å². The van der Waals surface area contributed by atoms with Crippen molar-refractivity contribution in [2.24, 2.45) is 0 Å². The fourth-order valence-corrected chi connectivity index (χ4v) is 2.12. The van der Waals surface area contributed by atoms with Gasteiger partial charge in [0.2, 0.25) is 5.91 Å². The van der Waals surface area contributed by atoms with E-state index in [9.17, 15) is 4.79 Å². The van der Waals surface area contributed by atoms with Gasteiger partial charge >= 0.3 is 0 Å². The molecule has 4 nitrogen and oxygen atoms in total. The number of nitrogens with one attached hydrogen (secondary N) is 1. The highest BCUT2D eigenvalue weighted by Crippen LogP contribution is 2.34. The Balaban J connectivity index is 2.07. The molecule has 2 rings (SSSR count). The molecule has 2 aliphatic rings. The summed E-state index contributed by atoms with van der Waals surface area (Å²) < 4.78 is 0. The summed E-state index contributed by atoms with van der Waals surface area (Å²) in [5.41, 5.74) is -0.0533. The quantitative estimate of drug-likeness (QED) is 0.587. The van der Waals surface area contributed by atoms with E-state index in [1.807, 2.05) is 7.05 Å². The number of likely N-dealkylation sites (tertiary alicyclic amines) is 1. The molecular formula is C10H19N3O. The third-order valence-electron chi connectivity index (χ3n) is 3.48. The molecule has 1 spiro atoms. The van der Waals surface area contributed by atoms with Crippen LogP contribution in [0.15, 0.2) is 0 Å². The number of rotatable bonds is 0. The van der Waals surface area contributed by atoms with Crippen molar-refractivity contribution in [1.82, 2.24) is 15.1 Å². The summed E-state index contributed by atoms with van der Waals surface area (Å²) >= 11 is 0. The molecule has 0 aromatic carbocycles. The highest BCUT2D eigenvalue weighted by molar-refractivity contribution is 5.90. The van der Waals surface area contributed by atoms with Crippen LogP contribution in [0.3, 0.4) is 0 Å². The van der Waals surface area contributed by atoms with Crippen molar-refractivity contribution < 1.29 is 4.79 Å².